The van der Waals surface area contributed by atoms with Crippen molar-refractivity contribution in [2.45, 2.75) is 0 Å². The van der Waals surface area contributed by atoms with Gasteiger partial charge in [-0.2, -0.15) is 5.10 Å². The number of piperazine rings is 1. The minimum absolute atomic E-state index is 0.0243. The van der Waals surface area contributed by atoms with Crippen molar-refractivity contribution in [1.82, 2.24) is 19.2 Å². The van der Waals surface area contributed by atoms with Crippen LogP contribution >= 0.6 is 11.6 Å². The van der Waals surface area contributed by atoms with Gasteiger partial charge in [-0.15, -0.1) is 0 Å². The van der Waals surface area contributed by atoms with Gasteiger partial charge in [0.05, 0.1) is 5.69 Å². The topological polar surface area (TPSA) is 46.3 Å². The average Bonchev–Trinajstić information content (AvgIpc) is 3.26. The van der Waals surface area contributed by atoms with E-state index < -0.39 is 0 Å². The molecule has 3 aromatic rings. The van der Waals surface area contributed by atoms with Crippen LogP contribution in [0, 0.1) is 0 Å². The summed E-state index contributed by atoms with van der Waals surface area (Å²) >= 11 is 6.09. The number of rotatable bonds is 3. The van der Waals surface area contributed by atoms with Gasteiger partial charge in [-0.1, -0.05) is 17.7 Å². The maximum Gasteiger partial charge on any atom is 0.272 e. The minimum Gasteiger partial charge on any atom is -0.368 e. The Morgan fingerprint density at radius 3 is 2.48 bits per heavy atom. The molecule has 3 heterocycles. The highest BCUT2D eigenvalue weighted by Crippen LogP contribution is 2.23. The Morgan fingerprint density at radius 2 is 1.81 bits per heavy atom. The molecule has 0 saturated carbocycles. The Kier molecular flexibility index (Phi) is 4.66. The van der Waals surface area contributed by atoms with Crippen molar-refractivity contribution in [2.24, 2.45) is 14.1 Å². The second-order valence-corrected chi connectivity index (χ2v) is 7.24. The molecular formula is C20H22ClN5O. The van der Waals surface area contributed by atoms with Crippen LogP contribution in [0.1, 0.15) is 10.5 Å². The fraction of sp³-hybridized carbons (Fsp3) is 0.300. The quantitative estimate of drug-likeness (QED) is 0.698. The van der Waals surface area contributed by atoms with Crippen molar-refractivity contribution in [3.63, 3.8) is 0 Å². The predicted molar refractivity (Wildman–Crippen MR) is 107 cm³/mol. The number of carbonyl (C=O) groups excluding carboxylic acids is 1. The lowest BCUT2D eigenvalue weighted by Gasteiger charge is -2.36. The maximum atomic E-state index is 13.0. The van der Waals surface area contributed by atoms with Gasteiger partial charge >= 0.3 is 0 Å². The summed E-state index contributed by atoms with van der Waals surface area (Å²) in [6.07, 6.45) is 1.97. The highest BCUT2D eigenvalue weighted by atomic mass is 35.5. The monoisotopic (exact) mass is 383 g/mol. The number of anilines is 1. The highest BCUT2D eigenvalue weighted by Gasteiger charge is 2.25. The van der Waals surface area contributed by atoms with Gasteiger partial charge in [0.2, 0.25) is 0 Å². The average molecular weight is 384 g/mol. The molecule has 0 radical (unpaired) electrons. The molecule has 1 aliphatic rings. The second kappa shape index (κ2) is 7.12. The SMILES string of the molecule is Cn1cccc1-c1cc(C(=O)N2CCN(c3cccc(Cl)c3)CC2)n(C)n1. The zero-order valence-corrected chi connectivity index (χ0v) is 16.2. The van der Waals surface area contributed by atoms with Gasteiger partial charge in [-0.3, -0.25) is 9.48 Å². The highest BCUT2D eigenvalue weighted by molar-refractivity contribution is 6.30. The van der Waals surface area contributed by atoms with Crippen molar-refractivity contribution < 1.29 is 4.79 Å². The molecule has 4 rings (SSSR count). The lowest BCUT2D eigenvalue weighted by atomic mass is 10.2. The Hall–Kier alpha value is -2.73. The first kappa shape index (κ1) is 17.7. The smallest absolute Gasteiger partial charge is 0.272 e. The molecule has 27 heavy (non-hydrogen) atoms. The number of hydrogen-bond acceptors (Lipinski definition) is 3. The summed E-state index contributed by atoms with van der Waals surface area (Å²) in [4.78, 5) is 17.2. The van der Waals surface area contributed by atoms with Gasteiger partial charge in [0.15, 0.2) is 0 Å². The number of amides is 1. The van der Waals surface area contributed by atoms with Crippen LogP contribution in [0.25, 0.3) is 11.4 Å². The molecule has 1 aromatic carbocycles. The molecule has 1 fully saturated rings. The lowest BCUT2D eigenvalue weighted by molar-refractivity contribution is 0.0735. The fourth-order valence-electron chi connectivity index (χ4n) is 3.52. The first-order valence-electron chi connectivity index (χ1n) is 8.98. The fourth-order valence-corrected chi connectivity index (χ4v) is 3.71. The molecule has 6 nitrogen and oxygen atoms in total. The van der Waals surface area contributed by atoms with E-state index in [0.717, 1.165) is 35.2 Å². The number of hydrogen-bond donors (Lipinski definition) is 0. The molecule has 0 N–H and O–H groups in total. The molecular weight excluding hydrogens is 362 g/mol. The molecule has 1 aliphatic heterocycles. The van der Waals surface area contributed by atoms with Gasteiger partial charge in [0, 0.05) is 57.2 Å². The first-order valence-corrected chi connectivity index (χ1v) is 9.36. The third-order valence-corrected chi connectivity index (χ3v) is 5.28. The lowest BCUT2D eigenvalue weighted by Crippen LogP contribution is -2.49. The molecule has 0 aliphatic carbocycles. The summed E-state index contributed by atoms with van der Waals surface area (Å²) in [5.74, 6) is 0.0243. The van der Waals surface area contributed by atoms with Crippen molar-refractivity contribution in [3.05, 3.63) is 59.4 Å². The molecule has 0 spiro atoms. The van der Waals surface area contributed by atoms with Crippen molar-refractivity contribution >= 4 is 23.2 Å². The number of aromatic nitrogens is 3. The van der Waals surface area contributed by atoms with E-state index >= 15 is 0 Å². The normalized spacial score (nSPS) is 14.6. The van der Waals surface area contributed by atoms with Gasteiger partial charge < -0.3 is 14.4 Å². The summed E-state index contributed by atoms with van der Waals surface area (Å²) in [7, 11) is 3.79. The second-order valence-electron chi connectivity index (χ2n) is 6.80. The van der Waals surface area contributed by atoms with Crippen LogP contribution in [0.5, 0.6) is 0 Å². The molecule has 1 amide bonds. The van der Waals surface area contributed by atoms with Crippen molar-refractivity contribution in [3.8, 4) is 11.4 Å². The first-order chi connectivity index (χ1) is 13.0. The number of carbonyl (C=O) groups is 1. The van der Waals surface area contributed by atoms with Crippen LogP contribution < -0.4 is 4.90 Å². The van der Waals surface area contributed by atoms with Gasteiger partial charge in [-0.05, 0) is 36.4 Å². The van der Waals surface area contributed by atoms with E-state index in [1.165, 1.54) is 0 Å². The molecule has 2 aromatic heterocycles. The summed E-state index contributed by atoms with van der Waals surface area (Å²) in [6, 6.07) is 13.7. The summed E-state index contributed by atoms with van der Waals surface area (Å²) < 4.78 is 3.67. The molecule has 0 bridgehead atoms. The van der Waals surface area contributed by atoms with Crippen molar-refractivity contribution in [2.75, 3.05) is 31.1 Å². The molecule has 7 heteroatoms. The van der Waals surface area contributed by atoms with Crippen LogP contribution in [0.2, 0.25) is 5.02 Å². The number of aryl methyl sites for hydroxylation is 2. The van der Waals surface area contributed by atoms with Crippen LogP contribution in [-0.2, 0) is 14.1 Å². The predicted octanol–water partition coefficient (Wildman–Crippen LogP) is 3.04. The van der Waals surface area contributed by atoms with E-state index in [0.29, 0.717) is 18.8 Å². The van der Waals surface area contributed by atoms with Crippen molar-refractivity contribution in [1.29, 1.82) is 0 Å². The molecule has 0 unspecified atom stereocenters. The summed E-state index contributed by atoms with van der Waals surface area (Å²) in [5.41, 5.74) is 3.52. The summed E-state index contributed by atoms with van der Waals surface area (Å²) in [6.45, 7) is 2.93. The van der Waals surface area contributed by atoms with E-state index in [4.69, 9.17) is 11.6 Å². The molecule has 0 atom stereocenters. The van der Waals surface area contributed by atoms with Crippen LogP contribution in [0.4, 0.5) is 5.69 Å². The molecule has 1 saturated heterocycles. The van der Waals surface area contributed by atoms with E-state index in [-0.39, 0.29) is 5.91 Å². The van der Waals surface area contributed by atoms with Gasteiger partial charge in [0.25, 0.3) is 5.91 Å². The minimum atomic E-state index is 0.0243. The Labute approximate surface area is 163 Å². The zero-order valence-electron chi connectivity index (χ0n) is 15.5. The Balaban J connectivity index is 1.47. The molecule has 140 valence electrons. The van der Waals surface area contributed by atoms with Crippen LogP contribution in [0.3, 0.4) is 0 Å². The standard InChI is InChI=1S/C20H22ClN5O/c1-23-8-4-7-18(23)17-14-19(24(2)22-17)20(27)26-11-9-25(10-12-26)16-6-3-5-15(21)13-16/h3-8,13-14H,9-12H2,1-2H3. The Morgan fingerprint density at radius 1 is 1.04 bits per heavy atom. The van der Waals surface area contributed by atoms with Crippen LogP contribution in [0.15, 0.2) is 48.7 Å². The number of benzene rings is 1. The third kappa shape index (κ3) is 3.45. The van der Waals surface area contributed by atoms with E-state index in [2.05, 4.69) is 16.1 Å². The largest absolute Gasteiger partial charge is 0.368 e. The van der Waals surface area contributed by atoms with E-state index in [1.807, 2.05) is 66.2 Å². The third-order valence-electron chi connectivity index (χ3n) is 5.05. The van der Waals surface area contributed by atoms with Gasteiger partial charge in [-0.25, -0.2) is 0 Å². The zero-order chi connectivity index (χ0) is 19.0. The summed E-state index contributed by atoms with van der Waals surface area (Å²) in [5, 5.41) is 5.26. The number of nitrogens with zero attached hydrogens (tertiary/aromatic N) is 5. The van der Waals surface area contributed by atoms with Crippen LogP contribution in [-0.4, -0.2) is 51.3 Å². The van der Waals surface area contributed by atoms with E-state index in [1.54, 1.807) is 4.68 Å². The number of halogens is 1. The van der Waals surface area contributed by atoms with E-state index in [9.17, 15) is 4.79 Å². The Bertz CT molecular complexity index is 968. The maximum absolute atomic E-state index is 13.0. The van der Waals surface area contributed by atoms with Gasteiger partial charge in [0.1, 0.15) is 11.4 Å².